The molecule has 0 aromatic heterocycles. The third-order valence-corrected chi connectivity index (χ3v) is 9.40. The molecule has 9 nitrogen and oxygen atoms in total. The van der Waals surface area contributed by atoms with Crippen LogP contribution in [-0.2, 0) is 4.79 Å². The Labute approximate surface area is 278 Å². The normalized spacial score (nSPS) is 14.9. The van der Waals surface area contributed by atoms with E-state index in [2.05, 4.69) is 29.4 Å². The highest BCUT2D eigenvalue weighted by atomic mass is 35.5. The topological polar surface area (TPSA) is 131 Å². The van der Waals surface area contributed by atoms with Crippen LogP contribution in [0.3, 0.4) is 0 Å². The predicted octanol–water partition coefficient (Wildman–Crippen LogP) is 6.51. The van der Waals surface area contributed by atoms with Crippen LogP contribution in [0.15, 0.2) is 76.6 Å². The van der Waals surface area contributed by atoms with Gasteiger partial charge in [0.2, 0.25) is 5.91 Å². The van der Waals surface area contributed by atoms with Gasteiger partial charge in [-0.15, -0.1) is 0 Å². The summed E-state index contributed by atoms with van der Waals surface area (Å²) in [7, 11) is -0.832. The summed E-state index contributed by atoms with van der Waals surface area (Å²) in [4.78, 5) is 32.9. The van der Waals surface area contributed by atoms with E-state index in [0.29, 0.717) is 53.0 Å². The number of carbonyl (C=O) groups is 2. The average molecular weight is 663 g/mol. The zero-order valence-electron chi connectivity index (χ0n) is 27.1. The van der Waals surface area contributed by atoms with Gasteiger partial charge in [-0.25, -0.2) is 10.0 Å². The van der Waals surface area contributed by atoms with Crippen molar-refractivity contribution in [3.63, 3.8) is 0 Å². The number of amidine groups is 2. The van der Waals surface area contributed by atoms with Gasteiger partial charge in [-0.1, -0.05) is 23.7 Å². The van der Waals surface area contributed by atoms with Crippen molar-refractivity contribution in [2.45, 2.75) is 44.0 Å². The smallest absolute Gasteiger partial charge is 0.251 e. The number of halogens is 1. The molecule has 1 aliphatic heterocycles. The van der Waals surface area contributed by atoms with Crippen molar-refractivity contribution in [3.05, 3.63) is 88.4 Å². The van der Waals surface area contributed by atoms with Crippen molar-refractivity contribution in [2.24, 2.45) is 4.99 Å². The maximum absolute atomic E-state index is 12.6. The summed E-state index contributed by atoms with van der Waals surface area (Å²) in [6.45, 7) is 4.90. The maximum atomic E-state index is 12.6. The van der Waals surface area contributed by atoms with Crippen LogP contribution in [0, 0.1) is 10.8 Å². The molecule has 0 bridgehead atoms. The third kappa shape index (κ3) is 8.76. The molecule has 1 aliphatic rings. The van der Waals surface area contributed by atoms with Gasteiger partial charge in [0.25, 0.3) is 5.91 Å². The second-order valence-electron chi connectivity index (χ2n) is 11.8. The monoisotopic (exact) mass is 662 g/mol. The number of hydrogen-bond donors (Lipinski definition) is 4. The van der Waals surface area contributed by atoms with Crippen molar-refractivity contribution >= 4 is 56.5 Å². The van der Waals surface area contributed by atoms with E-state index >= 15 is 0 Å². The van der Waals surface area contributed by atoms with E-state index in [9.17, 15) is 9.59 Å². The average Bonchev–Trinajstić information content (AvgIpc) is 3.12. The molecule has 0 spiro atoms. The molecule has 0 radical (unpaired) electrons. The van der Waals surface area contributed by atoms with Gasteiger partial charge < -0.3 is 15.4 Å². The number of carbonyl (C=O) groups excluding carboxylic acids is 2. The minimum atomic E-state index is -0.832. The van der Waals surface area contributed by atoms with E-state index in [-0.39, 0.29) is 29.9 Å². The van der Waals surface area contributed by atoms with Crippen molar-refractivity contribution < 1.29 is 14.3 Å². The Balaban J connectivity index is 1.47. The quantitative estimate of drug-likeness (QED) is 0.100. The Morgan fingerprint density at radius 3 is 2.33 bits per heavy atom. The molecule has 46 heavy (non-hydrogen) atoms. The number of nitrogens with zero attached hydrogens (tertiary/aromatic N) is 2. The molecule has 3 aromatic rings. The first-order valence-corrected chi connectivity index (χ1v) is 18.5. The van der Waals surface area contributed by atoms with Crippen LogP contribution in [0.1, 0.15) is 54.6 Å². The molecule has 0 saturated carbocycles. The second kappa shape index (κ2) is 15.4. The molecule has 1 heterocycles. The van der Waals surface area contributed by atoms with Gasteiger partial charge in [0.1, 0.15) is 23.5 Å². The van der Waals surface area contributed by atoms with Crippen LogP contribution in [0.5, 0.6) is 5.75 Å². The summed E-state index contributed by atoms with van der Waals surface area (Å²) in [5.74, 6) is 0.497. The van der Waals surface area contributed by atoms with E-state index in [4.69, 9.17) is 32.1 Å². The summed E-state index contributed by atoms with van der Waals surface area (Å²) in [6, 6.07) is 19.8. The number of fused-ring (bicyclic) bond motifs is 1. The van der Waals surface area contributed by atoms with Gasteiger partial charge in [-0.3, -0.25) is 30.3 Å². The number of amides is 2. The molecule has 11 heteroatoms. The minimum Gasteiger partial charge on any atom is -0.494 e. The second-order valence-corrected chi connectivity index (χ2v) is 16.4. The molecular formula is C35H43ClN6O3S. The third-order valence-electron chi connectivity index (χ3n) is 7.46. The molecule has 0 aliphatic carbocycles. The first-order chi connectivity index (χ1) is 21.9. The molecule has 4 rings (SSSR count). The summed E-state index contributed by atoms with van der Waals surface area (Å²) >= 11 is 6.19. The lowest BCUT2D eigenvalue weighted by molar-refractivity contribution is -0.121. The van der Waals surface area contributed by atoms with Gasteiger partial charge in [0.15, 0.2) is 0 Å². The maximum Gasteiger partial charge on any atom is 0.251 e. The fraction of sp³-hybridized carbons (Fsp3) is 0.343. The summed E-state index contributed by atoms with van der Waals surface area (Å²) in [5, 5.41) is 23.8. The van der Waals surface area contributed by atoms with E-state index in [1.165, 1.54) is 9.80 Å². The Hall–Kier alpha value is -4.15. The standard InChI is InChI=1S/C35H43ClN6O3S/c1-6-39-32(43)22-30-34(38)42(23(2)37)31-18-15-27(21-29(31)33(41-30)24-9-13-26(36)14-10-24)45-20-8-7-19-40-35(44)25-11-16-28(17-12-25)46(3,4)5/h9-18,21,30,37-38H,6-8,19-20,22H2,1-5H3,(H,39,43)(H,40,44)/t30-/m0/s1. The van der Waals surface area contributed by atoms with Gasteiger partial charge in [0, 0.05) is 34.8 Å². The largest absolute Gasteiger partial charge is 0.494 e. The highest BCUT2D eigenvalue weighted by Gasteiger charge is 2.32. The minimum absolute atomic E-state index is 0.0232. The molecule has 0 saturated heterocycles. The van der Waals surface area contributed by atoms with E-state index in [1.54, 1.807) is 19.1 Å². The fourth-order valence-corrected chi connectivity index (χ4v) is 6.16. The number of hydrogen-bond acceptors (Lipinski definition) is 6. The Bertz CT molecular complexity index is 1620. The molecule has 2 amide bonds. The Kier molecular flexibility index (Phi) is 11.6. The van der Waals surface area contributed by atoms with E-state index < -0.39 is 16.1 Å². The lowest BCUT2D eigenvalue weighted by Crippen LogP contribution is -2.42. The Morgan fingerprint density at radius 1 is 1.00 bits per heavy atom. The lowest BCUT2D eigenvalue weighted by atomic mass is 9.99. The number of benzodiazepines with no additional fused rings is 1. The molecule has 244 valence electrons. The van der Waals surface area contributed by atoms with Gasteiger partial charge in [-0.05, 0) is 105 Å². The first-order valence-electron chi connectivity index (χ1n) is 15.3. The van der Waals surface area contributed by atoms with E-state index in [1.807, 2.05) is 61.5 Å². The number of nitrogens with one attached hydrogen (secondary N) is 4. The number of anilines is 1. The van der Waals surface area contributed by atoms with Crippen LogP contribution >= 0.6 is 21.6 Å². The van der Waals surface area contributed by atoms with Gasteiger partial charge in [-0.2, -0.15) is 0 Å². The zero-order chi connectivity index (χ0) is 33.4. The molecule has 3 aromatic carbocycles. The molecular weight excluding hydrogens is 620 g/mol. The number of benzene rings is 3. The van der Waals surface area contributed by atoms with E-state index in [0.717, 1.165) is 18.4 Å². The Morgan fingerprint density at radius 2 is 1.70 bits per heavy atom. The first kappa shape index (κ1) is 34.7. The lowest BCUT2D eigenvalue weighted by Gasteiger charge is -2.26. The van der Waals surface area contributed by atoms with Crippen molar-refractivity contribution in [1.29, 1.82) is 10.8 Å². The molecule has 0 unspecified atom stereocenters. The molecule has 4 N–H and O–H groups in total. The number of aliphatic imine (C=N–C) groups is 1. The predicted molar refractivity (Wildman–Crippen MR) is 191 cm³/mol. The van der Waals surface area contributed by atoms with Gasteiger partial charge in [0.05, 0.1) is 24.4 Å². The fourth-order valence-electron chi connectivity index (χ4n) is 5.08. The summed E-state index contributed by atoms with van der Waals surface area (Å²) in [6.07, 6.45) is 8.14. The van der Waals surface area contributed by atoms with Crippen LogP contribution in [-0.4, -0.2) is 73.7 Å². The van der Waals surface area contributed by atoms with Gasteiger partial charge >= 0.3 is 0 Å². The summed E-state index contributed by atoms with van der Waals surface area (Å²) < 4.78 is 6.12. The molecule has 0 fully saturated rings. The van der Waals surface area contributed by atoms with Crippen molar-refractivity contribution in [3.8, 4) is 5.75 Å². The van der Waals surface area contributed by atoms with Crippen molar-refractivity contribution in [2.75, 3.05) is 43.4 Å². The summed E-state index contributed by atoms with van der Waals surface area (Å²) in [5.41, 5.74) is 3.30. The zero-order valence-corrected chi connectivity index (χ0v) is 28.6. The number of rotatable bonds is 12. The van der Waals surface area contributed by atoms with Crippen LogP contribution in [0.25, 0.3) is 0 Å². The van der Waals surface area contributed by atoms with Crippen LogP contribution < -0.4 is 20.3 Å². The number of unbranched alkanes of at least 4 members (excludes halogenated alkanes) is 1. The highest BCUT2D eigenvalue weighted by molar-refractivity contribution is 8.32. The van der Waals surface area contributed by atoms with Crippen molar-refractivity contribution in [1.82, 2.24) is 10.6 Å². The SMILES string of the molecule is CCNC(=O)C[C@@H]1N=C(c2ccc(Cl)cc2)c2cc(OCCCCNC(=O)c3ccc(S(C)(C)C)cc3)ccc2N(C(C)=N)C1=N. The van der Waals surface area contributed by atoms with Crippen LogP contribution in [0.4, 0.5) is 5.69 Å². The highest BCUT2D eigenvalue weighted by Crippen LogP contribution is 2.44. The molecule has 1 atom stereocenters. The number of ether oxygens (including phenoxy) is 1. The van der Waals surface area contributed by atoms with Crippen LogP contribution in [0.2, 0.25) is 5.02 Å².